The molecule has 0 amide bonds. The van der Waals surface area contributed by atoms with Crippen LogP contribution in [0.1, 0.15) is 19.5 Å². The molecule has 1 heterocycles. The Hall–Kier alpha value is -1.10. The van der Waals surface area contributed by atoms with Crippen molar-refractivity contribution < 1.29 is 9.90 Å². The molecule has 0 aliphatic carbocycles. The van der Waals surface area contributed by atoms with E-state index in [-0.39, 0.29) is 11.8 Å². The predicted molar refractivity (Wildman–Crippen MR) is 61.3 cm³/mol. The van der Waals surface area contributed by atoms with Crippen LogP contribution < -0.4 is 5.32 Å². The van der Waals surface area contributed by atoms with Crippen molar-refractivity contribution in [2.45, 2.75) is 20.8 Å². The smallest absolute Gasteiger partial charge is 0.308 e. The van der Waals surface area contributed by atoms with Crippen LogP contribution in [0.4, 0.5) is 5.13 Å². The summed E-state index contributed by atoms with van der Waals surface area (Å²) < 4.78 is 0. The van der Waals surface area contributed by atoms with Gasteiger partial charge in [0.05, 0.1) is 11.6 Å². The quantitative estimate of drug-likeness (QED) is 0.811. The van der Waals surface area contributed by atoms with Gasteiger partial charge in [-0.1, -0.05) is 13.8 Å². The van der Waals surface area contributed by atoms with Crippen molar-refractivity contribution in [1.29, 1.82) is 0 Å². The van der Waals surface area contributed by atoms with Crippen LogP contribution in [-0.2, 0) is 4.79 Å². The van der Waals surface area contributed by atoms with Gasteiger partial charge in [0.25, 0.3) is 0 Å². The van der Waals surface area contributed by atoms with Crippen molar-refractivity contribution in [3.63, 3.8) is 0 Å². The minimum atomic E-state index is -0.759. The fourth-order valence-electron chi connectivity index (χ4n) is 1.24. The predicted octanol–water partition coefficient (Wildman–Crippen LogP) is 2.22. The number of aromatic nitrogens is 1. The van der Waals surface area contributed by atoms with Crippen LogP contribution in [0.15, 0.2) is 5.38 Å². The lowest BCUT2D eigenvalue weighted by atomic mass is 9.96. The molecule has 1 unspecified atom stereocenters. The number of carboxylic acid groups (broad SMARTS) is 1. The number of nitrogens with one attached hydrogen (secondary N) is 1. The third-order valence-corrected chi connectivity index (χ3v) is 3.13. The van der Waals surface area contributed by atoms with Crippen LogP contribution >= 0.6 is 11.3 Å². The lowest BCUT2D eigenvalue weighted by Crippen LogP contribution is -2.27. The van der Waals surface area contributed by atoms with Gasteiger partial charge in [0.2, 0.25) is 0 Å². The van der Waals surface area contributed by atoms with Gasteiger partial charge in [-0.3, -0.25) is 4.79 Å². The average Bonchev–Trinajstić information content (AvgIpc) is 2.50. The van der Waals surface area contributed by atoms with Crippen molar-refractivity contribution in [3.8, 4) is 0 Å². The standard InChI is InChI=1S/C10H16N2O2S/c1-6(2)8(9(13)14)4-11-10-12-7(3)5-15-10/h5-6,8H,4H2,1-3H3,(H,11,12)(H,13,14). The van der Waals surface area contributed by atoms with E-state index >= 15 is 0 Å². The van der Waals surface area contributed by atoms with Gasteiger partial charge in [-0.2, -0.15) is 0 Å². The molecule has 0 saturated heterocycles. The van der Waals surface area contributed by atoms with E-state index in [1.165, 1.54) is 11.3 Å². The zero-order valence-corrected chi connectivity index (χ0v) is 9.97. The maximum absolute atomic E-state index is 10.9. The Morgan fingerprint density at radius 2 is 2.33 bits per heavy atom. The van der Waals surface area contributed by atoms with Gasteiger partial charge < -0.3 is 10.4 Å². The number of carboxylic acids is 1. The third-order valence-electron chi connectivity index (χ3n) is 2.21. The Balaban J connectivity index is 2.50. The molecule has 0 saturated carbocycles. The van der Waals surface area contributed by atoms with Crippen molar-refractivity contribution in [3.05, 3.63) is 11.1 Å². The van der Waals surface area contributed by atoms with Gasteiger partial charge >= 0.3 is 5.97 Å². The van der Waals surface area contributed by atoms with E-state index in [0.29, 0.717) is 6.54 Å². The van der Waals surface area contributed by atoms with E-state index in [9.17, 15) is 4.79 Å². The second kappa shape index (κ2) is 5.11. The maximum atomic E-state index is 10.9. The zero-order valence-electron chi connectivity index (χ0n) is 9.15. The fourth-order valence-corrected chi connectivity index (χ4v) is 1.94. The molecule has 0 spiro atoms. The molecule has 0 aromatic carbocycles. The Kier molecular flexibility index (Phi) is 4.08. The lowest BCUT2D eigenvalue weighted by Gasteiger charge is -2.16. The van der Waals surface area contributed by atoms with Gasteiger partial charge in [0, 0.05) is 11.9 Å². The van der Waals surface area contributed by atoms with Crippen LogP contribution in [0.2, 0.25) is 0 Å². The molecular formula is C10H16N2O2S. The Bertz CT molecular complexity index is 336. The Morgan fingerprint density at radius 1 is 1.67 bits per heavy atom. The highest BCUT2D eigenvalue weighted by Gasteiger charge is 2.21. The van der Waals surface area contributed by atoms with E-state index in [2.05, 4.69) is 10.3 Å². The monoisotopic (exact) mass is 228 g/mol. The summed E-state index contributed by atoms with van der Waals surface area (Å²) in [5.74, 6) is -1.00. The van der Waals surface area contributed by atoms with Gasteiger partial charge in [0.15, 0.2) is 5.13 Å². The minimum Gasteiger partial charge on any atom is -0.481 e. The number of anilines is 1. The number of hydrogen-bond donors (Lipinski definition) is 2. The molecule has 2 N–H and O–H groups in total. The summed E-state index contributed by atoms with van der Waals surface area (Å²) >= 11 is 1.50. The van der Waals surface area contributed by atoms with Crippen molar-refractivity contribution in [1.82, 2.24) is 4.98 Å². The normalized spacial score (nSPS) is 12.8. The number of aryl methyl sites for hydroxylation is 1. The summed E-state index contributed by atoms with van der Waals surface area (Å²) in [5.41, 5.74) is 0.957. The van der Waals surface area contributed by atoms with Crippen molar-refractivity contribution in [2.75, 3.05) is 11.9 Å². The molecule has 5 heteroatoms. The number of rotatable bonds is 5. The fraction of sp³-hybridized carbons (Fsp3) is 0.600. The largest absolute Gasteiger partial charge is 0.481 e. The first-order valence-electron chi connectivity index (χ1n) is 4.89. The van der Waals surface area contributed by atoms with Crippen LogP contribution in [0.3, 0.4) is 0 Å². The highest BCUT2D eigenvalue weighted by atomic mass is 32.1. The molecule has 0 aliphatic heterocycles. The van der Waals surface area contributed by atoms with Crippen LogP contribution in [-0.4, -0.2) is 22.6 Å². The van der Waals surface area contributed by atoms with Crippen LogP contribution in [0.25, 0.3) is 0 Å². The molecule has 1 atom stereocenters. The summed E-state index contributed by atoms with van der Waals surface area (Å²) in [6.45, 7) is 6.17. The first-order chi connectivity index (χ1) is 7.00. The molecule has 0 bridgehead atoms. The van der Waals surface area contributed by atoms with E-state index in [1.54, 1.807) is 0 Å². The molecule has 0 fully saturated rings. The minimum absolute atomic E-state index is 0.121. The number of nitrogens with zero attached hydrogens (tertiary/aromatic N) is 1. The second-order valence-corrected chi connectivity index (χ2v) is 4.72. The Morgan fingerprint density at radius 3 is 2.73 bits per heavy atom. The SMILES string of the molecule is Cc1csc(NCC(C(=O)O)C(C)C)n1. The lowest BCUT2D eigenvalue weighted by molar-refractivity contribution is -0.142. The summed E-state index contributed by atoms with van der Waals surface area (Å²) in [7, 11) is 0. The van der Waals surface area contributed by atoms with Gasteiger partial charge in [-0.25, -0.2) is 4.98 Å². The van der Waals surface area contributed by atoms with Crippen LogP contribution in [0.5, 0.6) is 0 Å². The topological polar surface area (TPSA) is 62.2 Å². The summed E-state index contributed by atoms with van der Waals surface area (Å²) in [6, 6.07) is 0. The van der Waals surface area contributed by atoms with Crippen molar-refractivity contribution in [2.24, 2.45) is 11.8 Å². The molecule has 0 radical (unpaired) electrons. The molecule has 4 nitrogen and oxygen atoms in total. The van der Waals surface area contributed by atoms with Crippen LogP contribution in [0, 0.1) is 18.8 Å². The maximum Gasteiger partial charge on any atom is 0.308 e. The number of carbonyl (C=O) groups is 1. The highest BCUT2D eigenvalue weighted by molar-refractivity contribution is 7.13. The van der Waals surface area contributed by atoms with Gasteiger partial charge in [0.1, 0.15) is 0 Å². The van der Waals surface area contributed by atoms with Gasteiger partial charge in [-0.05, 0) is 12.8 Å². The third kappa shape index (κ3) is 3.51. The van der Waals surface area contributed by atoms with E-state index in [0.717, 1.165) is 10.8 Å². The van der Waals surface area contributed by atoms with E-state index in [1.807, 2.05) is 26.2 Å². The molecule has 1 aromatic rings. The molecule has 0 aliphatic rings. The first-order valence-corrected chi connectivity index (χ1v) is 5.77. The van der Waals surface area contributed by atoms with Gasteiger partial charge in [-0.15, -0.1) is 11.3 Å². The van der Waals surface area contributed by atoms with E-state index in [4.69, 9.17) is 5.11 Å². The summed E-state index contributed by atoms with van der Waals surface area (Å²) in [4.78, 5) is 15.1. The zero-order chi connectivity index (χ0) is 11.4. The summed E-state index contributed by atoms with van der Waals surface area (Å²) in [5, 5.41) is 14.8. The highest BCUT2D eigenvalue weighted by Crippen LogP contribution is 2.17. The Labute approximate surface area is 93.4 Å². The molecule has 1 rings (SSSR count). The first kappa shape index (κ1) is 12.0. The summed E-state index contributed by atoms with van der Waals surface area (Å²) in [6.07, 6.45) is 0. The second-order valence-electron chi connectivity index (χ2n) is 3.86. The molecule has 15 heavy (non-hydrogen) atoms. The molecular weight excluding hydrogens is 212 g/mol. The number of aliphatic carboxylic acids is 1. The van der Waals surface area contributed by atoms with Crippen molar-refractivity contribution >= 4 is 22.4 Å². The molecule has 1 aromatic heterocycles. The number of hydrogen-bond acceptors (Lipinski definition) is 4. The van der Waals surface area contributed by atoms with E-state index < -0.39 is 5.97 Å². The average molecular weight is 228 g/mol. The molecule has 84 valence electrons. The number of thiazole rings is 1.